The van der Waals surface area contributed by atoms with Gasteiger partial charge in [-0.25, -0.2) is 4.79 Å². The molecule has 2 aromatic rings. The third-order valence-electron chi connectivity index (χ3n) is 3.48. The maximum Gasteiger partial charge on any atom is 0.405 e. The molecule has 22 heavy (non-hydrogen) atoms. The van der Waals surface area contributed by atoms with Crippen molar-refractivity contribution in [2.24, 2.45) is 0 Å². The molecule has 1 aromatic heterocycles. The van der Waals surface area contributed by atoms with Crippen molar-refractivity contribution in [3.63, 3.8) is 0 Å². The van der Waals surface area contributed by atoms with Crippen LogP contribution in [0.1, 0.15) is 38.9 Å². The molecule has 114 valence electrons. The molecule has 0 aliphatic heterocycles. The van der Waals surface area contributed by atoms with Crippen LogP contribution in [0.25, 0.3) is 0 Å². The van der Waals surface area contributed by atoms with E-state index < -0.39 is 12.1 Å². The number of rotatable bonds is 4. The minimum atomic E-state index is -0.963. The van der Waals surface area contributed by atoms with Crippen LogP contribution in [0, 0.1) is 19.1 Å². The predicted molar refractivity (Wildman–Crippen MR) is 80.5 cm³/mol. The zero-order valence-corrected chi connectivity index (χ0v) is 12.7. The SMILES string of the molecule is Cc1ccc(C(=O)[C@@H](C)OC(=O)c2cccc[n+]2[O-])cc1C. The van der Waals surface area contributed by atoms with Gasteiger partial charge in [-0.15, -0.1) is 0 Å². The van der Waals surface area contributed by atoms with Crippen molar-refractivity contribution in [3.05, 3.63) is 70.2 Å². The van der Waals surface area contributed by atoms with Gasteiger partial charge in [-0.1, -0.05) is 12.1 Å². The van der Waals surface area contributed by atoms with Gasteiger partial charge in [0.15, 0.2) is 12.3 Å². The Labute approximate surface area is 128 Å². The fraction of sp³-hybridized carbons (Fsp3) is 0.235. The van der Waals surface area contributed by atoms with Crippen molar-refractivity contribution < 1.29 is 19.1 Å². The molecule has 0 radical (unpaired) electrons. The fourth-order valence-corrected chi connectivity index (χ4v) is 1.99. The molecule has 1 atom stereocenters. The van der Waals surface area contributed by atoms with Gasteiger partial charge in [0.2, 0.25) is 5.78 Å². The van der Waals surface area contributed by atoms with Crippen LogP contribution in [0.2, 0.25) is 0 Å². The van der Waals surface area contributed by atoms with Crippen LogP contribution in [0.5, 0.6) is 0 Å². The van der Waals surface area contributed by atoms with Gasteiger partial charge in [0.05, 0.1) is 0 Å². The van der Waals surface area contributed by atoms with Crippen LogP contribution in [-0.4, -0.2) is 17.9 Å². The highest BCUT2D eigenvalue weighted by Gasteiger charge is 2.24. The number of esters is 1. The normalized spacial score (nSPS) is 11.8. The van der Waals surface area contributed by atoms with Crippen LogP contribution < -0.4 is 4.73 Å². The molecule has 0 aliphatic carbocycles. The molecule has 5 nitrogen and oxygen atoms in total. The van der Waals surface area contributed by atoms with Crippen LogP contribution in [0.3, 0.4) is 0 Å². The molecule has 1 heterocycles. The van der Waals surface area contributed by atoms with E-state index in [-0.39, 0.29) is 11.5 Å². The van der Waals surface area contributed by atoms with E-state index in [0.29, 0.717) is 10.3 Å². The number of aromatic nitrogens is 1. The average molecular weight is 299 g/mol. The third-order valence-corrected chi connectivity index (χ3v) is 3.48. The molecule has 0 spiro atoms. The average Bonchev–Trinajstić information content (AvgIpc) is 2.49. The topological polar surface area (TPSA) is 70.3 Å². The second-order valence-electron chi connectivity index (χ2n) is 5.12. The van der Waals surface area contributed by atoms with Crippen LogP contribution in [-0.2, 0) is 4.74 Å². The van der Waals surface area contributed by atoms with Crippen molar-refractivity contribution in [2.75, 3.05) is 0 Å². The Bertz CT molecular complexity index is 724. The molecule has 0 N–H and O–H groups in total. The smallest absolute Gasteiger partial charge is 0.405 e. The largest absolute Gasteiger partial charge is 0.618 e. The van der Waals surface area contributed by atoms with E-state index in [1.807, 2.05) is 19.9 Å². The number of pyridine rings is 1. The number of carbonyl (C=O) groups excluding carboxylic acids is 2. The molecule has 0 bridgehead atoms. The molecule has 5 heteroatoms. The highest BCUT2D eigenvalue weighted by atomic mass is 16.6. The lowest BCUT2D eigenvalue weighted by molar-refractivity contribution is -0.608. The van der Waals surface area contributed by atoms with Crippen LogP contribution in [0.4, 0.5) is 0 Å². The highest BCUT2D eigenvalue weighted by Crippen LogP contribution is 2.13. The molecule has 0 fully saturated rings. The van der Waals surface area contributed by atoms with Crippen LogP contribution in [0.15, 0.2) is 42.6 Å². The molecule has 0 aliphatic rings. The number of hydrogen-bond donors (Lipinski definition) is 0. The summed E-state index contributed by atoms with van der Waals surface area (Å²) in [6, 6.07) is 9.72. The van der Waals surface area contributed by atoms with Gasteiger partial charge < -0.3 is 9.94 Å². The number of carbonyl (C=O) groups is 2. The first-order valence-electron chi connectivity index (χ1n) is 6.91. The molecule has 0 saturated carbocycles. The van der Waals surface area contributed by atoms with E-state index in [0.717, 1.165) is 11.1 Å². The lowest BCUT2D eigenvalue weighted by atomic mass is 10.0. The number of benzene rings is 1. The van der Waals surface area contributed by atoms with E-state index >= 15 is 0 Å². The first-order chi connectivity index (χ1) is 10.4. The second kappa shape index (κ2) is 6.39. The summed E-state index contributed by atoms with van der Waals surface area (Å²) < 4.78 is 5.51. The van der Waals surface area contributed by atoms with Gasteiger partial charge in [-0.05, 0) is 44.0 Å². The van der Waals surface area contributed by atoms with Gasteiger partial charge in [0.25, 0.3) is 0 Å². The molecule has 0 saturated heterocycles. The fourth-order valence-electron chi connectivity index (χ4n) is 1.99. The molecule has 1 aromatic carbocycles. The molecular formula is C17H17NO4. The number of aryl methyl sites for hydroxylation is 2. The highest BCUT2D eigenvalue weighted by molar-refractivity contribution is 6.01. The van der Waals surface area contributed by atoms with E-state index in [2.05, 4.69) is 0 Å². The maximum atomic E-state index is 12.3. The lowest BCUT2D eigenvalue weighted by Crippen LogP contribution is -2.36. The summed E-state index contributed by atoms with van der Waals surface area (Å²) in [5, 5.41) is 11.5. The monoisotopic (exact) mass is 299 g/mol. The maximum absolute atomic E-state index is 12.3. The molecule has 2 rings (SSSR count). The van der Waals surface area contributed by atoms with E-state index in [1.165, 1.54) is 25.3 Å². The summed E-state index contributed by atoms with van der Waals surface area (Å²) in [6.07, 6.45) is 0.238. The number of Topliss-reactive ketones (excluding diaryl/α,β-unsaturated/α-hetero) is 1. The van der Waals surface area contributed by atoms with Crippen LogP contribution >= 0.6 is 0 Å². The van der Waals surface area contributed by atoms with Gasteiger partial charge in [-0.3, -0.25) is 4.79 Å². The quantitative estimate of drug-likeness (QED) is 0.376. The van der Waals surface area contributed by atoms with Crippen molar-refractivity contribution in [3.8, 4) is 0 Å². The standard InChI is InChI=1S/C17H17NO4/c1-11-7-8-14(10-12(11)2)16(19)13(3)22-17(20)15-6-4-5-9-18(15)21/h4-10,13H,1-3H3/t13-/m1/s1. The Morgan fingerprint density at radius 1 is 1.14 bits per heavy atom. The minimum absolute atomic E-state index is 0.151. The summed E-state index contributed by atoms with van der Waals surface area (Å²) >= 11 is 0. The minimum Gasteiger partial charge on any atom is -0.618 e. The summed E-state index contributed by atoms with van der Waals surface area (Å²) in [5.41, 5.74) is 2.40. The summed E-state index contributed by atoms with van der Waals surface area (Å²) in [6.45, 7) is 5.36. The Morgan fingerprint density at radius 3 is 2.50 bits per heavy atom. The Kier molecular flexibility index (Phi) is 4.56. The van der Waals surface area contributed by atoms with Gasteiger partial charge in [0, 0.05) is 17.7 Å². The predicted octanol–water partition coefficient (Wildman–Crippen LogP) is 2.37. The number of ketones is 1. The van der Waals surface area contributed by atoms with E-state index in [1.54, 1.807) is 18.2 Å². The van der Waals surface area contributed by atoms with Crippen molar-refractivity contribution >= 4 is 11.8 Å². The first kappa shape index (κ1) is 15.7. The zero-order valence-electron chi connectivity index (χ0n) is 12.7. The summed E-state index contributed by atoms with van der Waals surface area (Å²) in [7, 11) is 0. The van der Waals surface area contributed by atoms with Crippen molar-refractivity contribution in [1.29, 1.82) is 0 Å². The summed E-state index contributed by atoms with van der Waals surface area (Å²) in [5.74, 6) is -1.12. The van der Waals surface area contributed by atoms with Crippen molar-refractivity contribution in [1.82, 2.24) is 0 Å². The molecule has 0 amide bonds. The Hall–Kier alpha value is -2.69. The molecule has 0 unspecified atom stereocenters. The first-order valence-corrected chi connectivity index (χ1v) is 6.91. The summed E-state index contributed by atoms with van der Waals surface area (Å²) in [4.78, 5) is 24.2. The second-order valence-corrected chi connectivity index (χ2v) is 5.12. The van der Waals surface area contributed by atoms with Gasteiger partial charge in [-0.2, -0.15) is 4.73 Å². The Morgan fingerprint density at radius 2 is 1.86 bits per heavy atom. The zero-order chi connectivity index (χ0) is 16.3. The molecular weight excluding hydrogens is 282 g/mol. The number of hydrogen-bond acceptors (Lipinski definition) is 4. The van der Waals surface area contributed by atoms with E-state index in [9.17, 15) is 14.8 Å². The van der Waals surface area contributed by atoms with Crippen molar-refractivity contribution in [2.45, 2.75) is 26.9 Å². The van der Waals surface area contributed by atoms with Gasteiger partial charge >= 0.3 is 11.7 Å². The lowest BCUT2D eigenvalue weighted by Gasteiger charge is -2.12. The third kappa shape index (κ3) is 3.31. The Balaban J connectivity index is 2.13. The number of nitrogens with zero attached hydrogens (tertiary/aromatic N) is 1. The van der Waals surface area contributed by atoms with E-state index in [4.69, 9.17) is 4.74 Å². The van der Waals surface area contributed by atoms with Gasteiger partial charge in [0.1, 0.15) is 0 Å². The number of ether oxygens (including phenoxy) is 1.